The number of rotatable bonds is 9. The van der Waals surface area contributed by atoms with Crippen LogP contribution in [0.1, 0.15) is 43.9 Å². The lowest BCUT2D eigenvalue weighted by molar-refractivity contribution is -0.141. The van der Waals surface area contributed by atoms with Crippen molar-refractivity contribution < 1.29 is 22.0 Å². The molecule has 0 unspecified atom stereocenters. The molecule has 33 heavy (non-hydrogen) atoms. The largest absolute Gasteiger partial charge is 0.433 e. The summed E-state index contributed by atoms with van der Waals surface area (Å²) >= 11 is 0. The molecule has 0 amide bonds. The van der Waals surface area contributed by atoms with E-state index >= 15 is 0 Å². The molecule has 3 rings (SSSR count). The fourth-order valence-electron chi connectivity index (χ4n) is 2.80. The van der Waals surface area contributed by atoms with Crippen LogP contribution in [0.3, 0.4) is 0 Å². The van der Waals surface area contributed by atoms with Crippen molar-refractivity contribution in [3.63, 3.8) is 0 Å². The van der Waals surface area contributed by atoms with E-state index in [2.05, 4.69) is 36.9 Å². The molecule has 12 heteroatoms. The van der Waals surface area contributed by atoms with Crippen LogP contribution in [0.5, 0.6) is 0 Å². The van der Waals surface area contributed by atoms with Gasteiger partial charge in [0.05, 0.1) is 0 Å². The van der Waals surface area contributed by atoms with Gasteiger partial charge in [-0.1, -0.05) is 19.9 Å². The van der Waals surface area contributed by atoms with Gasteiger partial charge in [-0.3, -0.25) is 4.98 Å². The number of halogens is 5. The van der Waals surface area contributed by atoms with E-state index in [9.17, 15) is 22.0 Å². The van der Waals surface area contributed by atoms with Crippen LogP contribution in [0.15, 0.2) is 43.2 Å². The van der Waals surface area contributed by atoms with Crippen molar-refractivity contribution in [2.75, 3.05) is 5.32 Å². The number of aryl methyl sites for hydroxylation is 1. The summed E-state index contributed by atoms with van der Waals surface area (Å²) in [4.78, 5) is 16.0. The van der Waals surface area contributed by atoms with Gasteiger partial charge in [-0.2, -0.15) is 42.0 Å². The second-order valence-corrected chi connectivity index (χ2v) is 7.70. The first kappa shape index (κ1) is 24.2. The fraction of sp³-hybridized carbons (Fsp3) is 0.381. The minimum atomic E-state index is -4.62. The number of anilines is 2. The van der Waals surface area contributed by atoms with Gasteiger partial charge in [0.25, 0.3) is 11.9 Å². The molecule has 0 fully saturated rings. The third-order valence-electron chi connectivity index (χ3n) is 4.49. The van der Waals surface area contributed by atoms with Crippen molar-refractivity contribution in [2.24, 2.45) is 5.92 Å². The standard InChI is InChI=1S/C21H22F5N7/c1-4-9-20(22,23)15-8-11-33(32-15)19-30-17(6-5-13(2)3)29-18(31-19)28-14-7-10-27-16(12-14)21(24,25)26/h4,7-8,10-13H,1,5-6,9H2,2-3H3,(H,27,28,29,30,31). The molecule has 0 bridgehead atoms. The van der Waals surface area contributed by atoms with Gasteiger partial charge in [-0.15, -0.1) is 6.58 Å². The van der Waals surface area contributed by atoms with Crippen LogP contribution in [0.25, 0.3) is 5.95 Å². The van der Waals surface area contributed by atoms with E-state index in [-0.39, 0.29) is 17.6 Å². The maximum absolute atomic E-state index is 14.2. The number of nitrogens with one attached hydrogen (secondary N) is 1. The SMILES string of the molecule is C=CCC(F)(F)c1ccn(-c2nc(CCC(C)C)nc(Nc3ccnc(C(F)(F)F)c3)n2)n1. The molecule has 0 atom stereocenters. The highest BCUT2D eigenvalue weighted by atomic mass is 19.4. The smallest absolute Gasteiger partial charge is 0.324 e. The number of pyridine rings is 1. The summed E-state index contributed by atoms with van der Waals surface area (Å²) in [5, 5.41) is 6.59. The maximum atomic E-state index is 14.2. The van der Waals surface area contributed by atoms with Crippen LogP contribution in [-0.2, 0) is 18.5 Å². The Morgan fingerprint density at radius 1 is 1.09 bits per heavy atom. The van der Waals surface area contributed by atoms with E-state index in [1.165, 1.54) is 12.3 Å². The molecule has 0 aliphatic rings. The molecule has 3 aromatic heterocycles. The van der Waals surface area contributed by atoms with Crippen molar-refractivity contribution in [1.29, 1.82) is 0 Å². The van der Waals surface area contributed by atoms with Crippen molar-refractivity contribution in [2.45, 2.75) is 45.2 Å². The van der Waals surface area contributed by atoms with Crippen LogP contribution in [0.2, 0.25) is 0 Å². The van der Waals surface area contributed by atoms with Crippen molar-refractivity contribution in [3.8, 4) is 5.95 Å². The Balaban J connectivity index is 1.97. The Kier molecular flexibility index (Phi) is 7.04. The first-order chi connectivity index (χ1) is 15.5. The molecule has 0 aliphatic carbocycles. The van der Waals surface area contributed by atoms with Gasteiger partial charge in [0, 0.05) is 30.9 Å². The van der Waals surface area contributed by atoms with Crippen molar-refractivity contribution in [3.05, 3.63) is 60.5 Å². The zero-order chi connectivity index (χ0) is 24.2. The third-order valence-corrected chi connectivity index (χ3v) is 4.49. The van der Waals surface area contributed by atoms with Crippen LogP contribution < -0.4 is 5.32 Å². The summed E-state index contributed by atoms with van der Waals surface area (Å²) in [6.07, 6.45) is -0.632. The lowest BCUT2D eigenvalue weighted by Crippen LogP contribution is -2.15. The van der Waals surface area contributed by atoms with Gasteiger partial charge >= 0.3 is 6.18 Å². The van der Waals surface area contributed by atoms with Crippen molar-refractivity contribution in [1.82, 2.24) is 29.7 Å². The molecular weight excluding hydrogens is 445 g/mol. The van der Waals surface area contributed by atoms with Crippen LogP contribution in [0.4, 0.5) is 33.6 Å². The predicted molar refractivity (Wildman–Crippen MR) is 111 cm³/mol. The van der Waals surface area contributed by atoms with Crippen LogP contribution >= 0.6 is 0 Å². The van der Waals surface area contributed by atoms with E-state index in [0.29, 0.717) is 18.2 Å². The van der Waals surface area contributed by atoms with Crippen LogP contribution in [0, 0.1) is 5.92 Å². The molecule has 3 aromatic rings. The third kappa shape index (κ3) is 6.30. The van der Waals surface area contributed by atoms with E-state index in [1.54, 1.807) is 0 Å². The Bertz CT molecular complexity index is 1110. The number of allylic oxidation sites excluding steroid dienone is 1. The van der Waals surface area contributed by atoms with Crippen LogP contribution in [-0.4, -0.2) is 29.7 Å². The number of alkyl halides is 5. The first-order valence-electron chi connectivity index (χ1n) is 10.1. The second-order valence-electron chi connectivity index (χ2n) is 7.70. The van der Waals surface area contributed by atoms with Gasteiger partial charge in [-0.25, -0.2) is 4.68 Å². The second kappa shape index (κ2) is 9.59. The van der Waals surface area contributed by atoms with Gasteiger partial charge in [0.1, 0.15) is 17.2 Å². The molecular formula is C21H22F5N7. The number of hydrogen-bond acceptors (Lipinski definition) is 6. The Morgan fingerprint density at radius 2 is 1.85 bits per heavy atom. The zero-order valence-corrected chi connectivity index (χ0v) is 17.9. The highest BCUT2D eigenvalue weighted by Crippen LogP contribution is 2.31. The molecule has 7 nitrogen and oxygen atoms in total. The highest BCUT2D eigenvalue weighted by Gasteiger charge is 2.33. The molecule has 1 N–H and O–H groups in total. The zero-order valence-electron chi connectivity index (χ0n) is 17.9. The first-order valence-corrected chi connectivity index (χ1v) is 10.1. The lowest BCUT2D eigenvalue weighted by atomic mass is 10.1. The van der Waals surface area contributed by atoms with Crippen molar-refractivity contribution >= 4 is 11.6 Å². The highest BCUT2D eigenvalue weighted by molar-refractivity contribution is 5.53. The summed E-state index contributed by atoms with van der Waals surface area (Å²) < 4.78 is 68.3. The van der Waals surface area contributed by atoms with Gasteiger partial charge in [0.2, 0.25) is 5.95 Å². The summed E-state index contributed by atoms with van der Waals surface area (Å²) in [7, 11) is 0. The fourth-order valence-corrected chi connectivity index (χ4v) is 2.80. The van der Waals surface area contributed by atoms with Gasteiger partial charge in [0.15, 0.2) is 0 Å². The summed E-state index contributed by atoms with van der Waals surface area (Å²) in [5.74, 6) is -2.63. The topological polar surface area (TPSA) is 81.4 Å². The molecule has 176 valence electrons. The lowest BCUT2D eigenvalue weighted by Gasteiger charge is -2.12. The summed E-state index contributed by atoms with van der Waals surface area (Å²) in [6.45, 7) is 7.35. The average Bonchev–Trinajstić information content (AvgIpc) is 3.23. The number of hydrogen-bond donors (Lipinski definition) is 1. The summed E-state index contributed by atoms with van der Waals surface area (Å²) in [6, 6.07) is 3.29. The molecule has 0 saturated carbocycles. The summed E-state index contributed by atoms with van der Waals surface area (Å²) in [5.41, 5.74) is -1.50. The monoisotopic (exact) mass is 467 g/mol. The van der Waals surface area contributed by atoms with E-state index in [4.69, 9.17) is 0 Å². The normalized spacial score (nSPS) is 12.2. The predicted octanol–water partition coefficient (Wildman–Crippen LogP) is 5.47. The minimum absolute atomic E-state index is 0.0444. The Morgan fingerprint density at radius 3 is 2.52 bits per heavy atom. The Hall–Kier alpha value is -3.44. The average molecular weight is 467 g/mol. The molecule has 0 aliphatic heterocycles. The minimum Gasteiger partial charge on any atom is -0.324 e. The van der Waals surface area contributed by atoms with E-state index < -0.39 is 29.9 Å². The molecule has 0 radical (unpaired) electrons. The number of aromatic nitrogens is 6. The molecule has 0 aromatic carbocycles. The Labute approximate surface area is 186 Å². The van der Waals surface area contributed by atoms with Gasteiger partial charge < -0.3 is 5.32 Å². The molecule has 0 saturated heterocycles. The maximum Gasteiger partial charge on any atom is 0.433 e. The molecule has 3 heterocycles. The van der Waals surface area contributed by atoms with E-state index in [1.807, 2.05) is 13.8 Å². The number of nitrogens with zero attached hydrogens (tertiary/aromatic N) is 6. The van der Waals surface area contributed by atoms with Gasteiger partial charge in [-0.05, 0) is 30.5 Å². The quantitative estimate of drug-likeness (QED) is 0.332. The molecule has 0 spiro atoms. The van der Waals surface area contributed by atoms with E-state index in [0.717, 1.165) is 35.5 Å².